The van der Waals surface area contributed by atoms with Gasteiger partial charge in [0.05, 0.1) is 0 Å². The van der Waals surface area contributed by atoms with Gasteiger partial charge in [0.15, 0.2) is 0 Å². The first-order chi connectivity index (χ1) is 8.17. The molecule has 0 heterocycles. The Bertz CT molecular complexity index is 300. The maximum atomic E-state index is 3.65. The van der Waals surface area contributed by atoms with Crippen LogP contribution in [0.25, 0.3) is 0 Å². The summed E-state index contributed by atoms with van der Waals surface area (Å²) in [6, 6.07) is 9.56. The Morgan fingerprint density at radius 3 is 2.18 bits per heavy atom. The van der Waals surface area contributed by atoms with Crippen LogP contribution in [-0.2, 0) is 6.42 Å². The third kappa shape index (κ3) is 4.91. The van der Waals surface area contributed by atoms with Crippen molar-refractivity contribution in [2.45, 2.75) is 53.0 Å². The monoisotopic (exact) mass is 233 g/mol. The van der Waals surface area contributed by atoms with Crippen LogP contribution in [-0.4, -0.2) is 6.54 Å². The van der Waals surface area contributed by atoms with Gasteiger partial charge in [-0.25, -0.2) is 0 Å². The lowest BCUT2D eigenvalue weighted by Crippen LogP contribution is -2.22. The lowest BCUT2D eigenvalue weighted by atomic mass is 10.0. The van der Waals surface area contributed by atoms with Gasteiger partial charge in [-0.05, 0) is 42.9 Å². The van der Waals surface area contributed by atoms with Crippen LogP contribution in [0.15, 0.2) is 24.3 Å². The Balaban J connectivity index is 2.53. The molecule has 17 heavy (non-hydrogen) atoms. The summed E-state index contributed by atoms with van der Waals surface area (Å²) < 4.78 is 0. The molecular weight excluding hydrogens is 206 g/mol. The Hall–Kier alpha value is -0.820. The fraction of sp³-hybridized carbons (Fsp3) is 0.625. The molecule has 0 saturated carbocycles. The smallest absolute Gasteiger partial charge is 0.0317 e. The van der Waals surface area contributed by atoms with Gasteiger partial charge in [0.25, 0.3) is 0 Å². The van der Waals surface area contributed by atoms with Crippen LogP contribution >= 0.6 is 0 Å². The Kier molecular flexibility index (Phi) is 6.28. The molecule has 1 aromatic rings. The summed E-state index contributed by atoms with van der Waals surface area (Å²) in [5, 5.41) is 3.65. The molecule has 0 saturated heterocycles. The van der Waals surface area contributed by atoms with Crippen LogP contribution in [0.3, 0.4) is 0 Å². The molecule has 0 spiro atoms. The zero-order valence-corrected chi connectivity index (χ0v) is 11.8. The van der Waals surface area contributed by atoms with Crippen LogP contribution in [0.4, 0.5) is 0 Å². The number of rotatable bonds is 7. The van der Waals surface area contributed by atoms with Gasteiger partial charge in [0.1, 0.15) is 0 Å². The van der Waals surface area contributed by atoms with Gasteiger partial charge in [-0.2, -0.15) is 0 Å². The molecule has 0 fully saturated rings. The third-order valence-corrected chi connectivity index (χ3v) is 3.31. The van der Waals surface area contributed by atoms with E-state index in [-0.39, 0.29) is 0 Å². The standard InChI is InChI=1S/C16H27N/c1-5-14-7-9-15(10-8-14)16(6-2)17-12-11-13(3)4/h7-10,13,16-17H,5-6,11-12H2,1-4H3. The molecule has 1 unspecified atom stereocenters. The second-order valence-corrected chi connectivity index (χ2v) is 5.19. The minimum Gasteiger partial charge on any atom is -0.310 e. The number of nitrogens with one attached hydrogen (secondary N) is 1. The minimum absolute atomic E-state index is 0.514. The zero-order valence-electron chi connectivity index (χ0n) is 11.8. The Morgan fingerprint density at radius 1 is 1.06 bits per heavy atom. The van der Waals surface area contributed by atoms with E-state index in [0.717, 1.165) is 25.3 Å². The molecule has 1 atom stereocenters. The summed E-state index contributed by atoms with van der Waals surface area (Å²) in [5.41, 5.74) is 2.85. The van der Waals surface area contributed by atoms with Crippen molar-refractivity contribution in [3.05, 3.63) is 35.4 Å². The largest absolute Gasteiger partial charge is 0.310 e. The summed E-state index contributed by atoms with van der Waals surface area (Å²) in [4.78, 5) is 0. The lowest BCUT2D eigenvalue weighted by molar-refractivity contribution is 0.470. The summed E-state index contributed by atoms with van der Waals surface area (Å²) in [6.07, 6.45) is 3.53. The minimum atomic E-state index is 0.514. The van der Waals surface area contributed by atoms with Crippen molar-refractivity contribution >= 4 is 0 Å². The van der Waals surface area contributed by atoms with Crippen molar-refractivity contribution in [1.82, 2.24) is 5.32 Å². The highest BCUT2D eigenvalue weighted by Gasteiger charge is 2.08. The normalized spacial score (nSPS) is 13.0. The Morgan fingerprint density at radius 2 is 1.71 bits per heavy atom. The summed E-state index contributed by atoms with van der Waals surface area (Å²) >= 11 is 0. The molecule has 1 aromatic carbocycles. The quantitative estimate of drug-likeness (QED) is 0.739. The molecule has 0 aliphatic carbocycles. The van der Waals surface area contributed by atoms with E-state index in [1.807, 2.05) is 0 Å². The highest BCUT2D eigenvalue weighted by molar-refractivity contribution is 5.24. The van der Waals surface area contributed by atoms with Crippen molar-refractivity contribution in [1.29, 1.82) is 0 Å². The highest BCUT2D eigenvalue weighted by atomic mass is 14.9. The molecule has 0 aromatic heterocycles. The SMILES string of the molecule is CCc1ccc(C(CC)NCCC(C)C)cc1. The first kappa shape index (κ1) is 14.2. The average Bonchev–Trinajstić information content (AvgIpc) is 2.34. The van der Waals surface area contributed by atoms with Gasteiger partial charge in [-0.15, -0.1) is 0 Å². The molecule has 1 heteroatoms. The summed E-state index contributed by atoms with van der Waals surface area (Å²) in [7, 11) is 0. The first-order valence-electron chi connectivity index (χ1n) is 6.99. The van der Waals surface area contributed by atoms with E-state index in [0.29, 0.717) is 6.04 Å². The van der Waals surface area contributed by atoms with Gasteiger partial charge in [0.2, 0.25) is 0 Å². The van der Waals surface area contributed by atoms with Crippen LogP contribution < -0.4 is 5.32 Å². The molecule has 0 bridgehead atoms. The zero-order chi connectivity index (χ0) is 12.7. The van der Waals surface area contributed by atoms with Crippen LogP contribution in [0.2, 0.25) is 0 Å². The second kappa shape index (κ2) is 7.50. The summed E-state index contributed by atoms with van der Waals surface area (Å²) in [5.74, 6) is 0.780. The van der Waals surface area contributed by atoms with Crippen LogP contribution in [0.5, 0.6) is 0 Å². The van der Waals surface area contributed by atoms with Crippen molar-refractivity contribution in [3.63, 3.8) is 0 Å². The van der Waals surface area contributed by atoms with Crippen molar-refractivity contribution in [2.75, 3.05) is 6.54 Å². The van der Waals surface area contributed by atoms with E-state index in [1.54, 1.807) is 0 Å². The molecular formula is C16H27N. The summed E-state index contributed by atoms with van der Waals surface area (Å²) in [6.45, 7) is 10.1. The van der Waals surface area contributed by atoms with E-state index in [1.165, 1.54) is 17.5 Å². The maximum Gasteiger partial charge on any atom is 0.0317 e. The van der Waals surface area contributed by atoms with Gasteiger partial charge < -0.3 is 5.32 Å². The van der Waals surface area contributed by atoms with E-state index in [2.05, 4.69) is 57.3 Å². The van der Waals surface area contributed by atoms with Crippen molar-refractivity contribution < 1.29 is 0 Å². The Labute approximate surface area is 107 Å². The average molecular weight is 233 g/mol. The third-order valence-electron chi connectivity index (χ3n) is 3.31. The molecule has 0 radical (unpaired) electrons. The molecule has 96 valence electrons. The molecule has 0 amide bonds. The predicted molar refractivity (Wildman–Crippen MR) is 76.3 cm³/mol. The number of aryl methyl sites for hydroxylation is 1. The topological polar surface area (TPSA) is 12.0 Å². The predicted octanol–water partition coefficient (Wildman–Crippen LogP) is 4.34. The fourth-order valence-corrected chi connectivity index (χ4v) is 2.03. The van der Waals surface area contributed by atoms with E-state index < -0.39 is 0 Å². The molecule has 1 nitrogen and oxygen atoms in total. The van der Waals surface area contributed by atoms with Gasteiger partial charge in [-0.3, -0.25) is 0 Å². The van der Waals surface area contributed by atoms with Crippen molar-refractivity contribution in [3.8, 4) is 0 Å². The van der Waals surface area contributed by atoms with Gasteiger partial charge in [-0.1, -0.05) is 52.0 Å². The molecule has 1 rings (SSSR count). The number of hydrogen-bond acceptors (Lipinski definition) is 1. The maximum absolute atomic E-state index is 3.65. The van der Waals surface area contributed by atoms with Gasteiger partial charge in [0, 0.05) is 6.04 Å². The van der Waals surface area contributed by atoms with Crippen molar-refractivity contribution in [2.24, 2.45) is 5.92 Å². The van der Waals surface area contributed by atoms with Crippen LogP contribution in [0, 0.1) is 5.92 Å². The molecule has 0 aliphatic rings. The molecule has 1 N–H and O–H groups in total. The first-order valence-corrected chi connectivity index (χ1v) is 6.99. The lowest BCUT2D eigenvalue weighted by Gasteiger charge is -2.18. The van der Waals surface area contributed by atoms with E-state index in [9.17, 15) is 0 Å². The fourth-order valence-electron chi connectivity index (χ4n) is 2.03. The number of benzene rings is 1. The van der Waals surface area contributed by atoms with Crippen LogP contribution in [0.1, 0.15) is 57.7 Å². The van der Waals surface area contributed by atoms with Gasteiger partial charge >= 0.3 is 0 Å². The number of hydrogen-bond donors (Lipinski definition) is 1. The van der Waals surface area contributed by atoms with E-state index in [4.69, 9.17) is 0 Å². The van der Waals surface area contributed by atoms with E-state index >= 15 is 0 Å². The molecule has 0 aliphatic heterocycles. The second-order valence-electron chi connectivity index (χ2n) is 5.19. The highest BCUT2D eigenvalue weighted by Crippen LogP contribution is 2.17.